The van der Waals surface area contributed by atoms with Crippen molar-refractivity contribution < 1.29 is 8.78 Å². The van der Waals surface area contributed by atoms with Crippen molar-refractivity contribution in [2.24, 2.45) is 11.1 Å². The SMILES string of the molecule is CC1(C(N)c2cc(F)c(F)cc2Cl)CCCC1. The van der Waals surface area contributed by atoms with E-state index in [1.165, 1.54) is 0 Å². The number of rotatable bonds is 2. The molecule has 0 spiro atoms. The fourth-order valence-corrected chi connectivity index (χ4v) is 2.91. The molecule has 1 saturated carbocycles. The summed E-state index contributed by atoms with van der Waals surface area (Å²) in [5.41, 5.74) is 6.63. The average Bonchev–Trinajstić information content (AvgIpc) is 2.71. The van der Waals surface area contributed by atoms with Gasteiger partial charge in [-0.15, -0.1) is 0 Å². The van der Waals surface area contributed by atoms with Gasteiger partial charge >= 0.3 is 0 Å². The van der Waals surface area contributed by atoms with Crippen molar-refractivity contribution in [3.05, 3.63) is 34.4 Å². The van der Waals surface area contributed by atoms with E-state index in [9.17, 15) is 8.78 Å². The first-order valence-corrected chi connectivity index (χ1v) is 6.22. The summed E-state index contributed by atoms with van der Waals surface area (Å²) in [6, 6.07) is 1.80. The van der Waals surface area contributed by atoms with E-state index in [1.54, 1.807) is 0 Å². The van der Waals surface area contributed by atoms with E-state index in [1.807, 2.05) is 0 Å². The maximum atomic E-state index is 13.2. The Morgan fingerprint density at radius 3 is 2.35 bits per heavy atom. The van der Waals surface area contributed by atoms with Crippen LogP contribution >= 0.6 is 11.6 Å². The van der Waals surface area contributed by atoms with Gasteiger partial charge < -0.3 is 5.73 Å². The minimum atomic E-state index is -0.928. The van der Waals surface area contributed by atoms with Gasteiger partial charge in [0, 0.05) is 11.1 Å². The molecule has 1 fully saturated rings. The molecule has 2 rings (SSSR count). The van der Waals surface area contributed by atoms with Crippen LogP contribution in [0.4, 0.5) is 8.78 Å². The third kappa shape index (κ3) is 2.31. The number of nitrogens with two attached hydrogens (primary N) is 1. The first-order valence-electron chi connectivity index (χ1n) is 5.84. The minimum absolute atomic E-state index is 0.0616. The third-order valence-electron chi connectivity index (χ3n) is 3.87. The molecular weight excluding hydrogens is 244 g/mol. The largest absolute Gasteiger partial charge is 0.323 e. The first-order chi connectivity index (χ1) is 7.94. The van der Waals surface area contributed by atoms with Gasteiger partial charge in [-0.1, -0.05) is 31.4 Å². The highest BCUT2D eigenvalue weighted by Gasteiger charge is 2.36. The molecule has 0 heterocycles. The predicted octanol–water partition coefficient (Wildman–Crippen LogP) is 4.20. The molecule has 1 aromatic carbocycles. The van der Waals surface area contributed by atoms with Gasteiger partial charge in [0.05, 0.1) is 0 Å². The van der Waals surface area contributed by atoms with Crippen molar-refractivity contribution in [1.82, 2.24) is 0 Å². The van der Waals surface area contributed by atoms with Crippen LogP contribution in [0.2, 0.25) is 5.02 Å². The second kappa shape index (κ2) is 4.54. The van der Waals surface area contributed by atoms with E-state index in [0.29, 0.717) is 5.56 Å². The highest BCUT2D eigenvalue weighted by molar-refractivity contribution is 6.31. The van der Waals surface area contributed by atoms with Crippen LogP contribution in [-0.4, -0.2) is 0 Å². The van der Waals surface area contributed by atoms with E-state index in [4.69, 9.17) is 17.3 Å². The predicted molar refractivity (Wildman–Crippen MR) is 64.9 cm³/mol. The molecule has 2 N–H and O–H groups in total. The van der Waals surface area contributed by atoms with Crippen LogP contribution in [0.25, 0.3) is 0 Å². The lowest BCUT2D eigenvalue weighted by Gasteiger charge is -2.32. The second-order valence-corrected chi connectivity index (χ2v) is 5.53. The van der Waals surface area contributed by atoms with Crippen LogP contribution in [0.3, 0.4) is 0 Å². The van der Waals surface area contributed by atoms with E-state index >= 15 is 0 Å². The molecule has 1 nitrogen and oxygen atoms in total. The van der Waals surface area contributed by atoms with Crippen LogP contribution in [0.5, 0.6) is 0 Å². The molecule has 17 heavy (non-hydrogen) atoms. The Hall–Kier alpha value is -0.670. The molecule has 0 radical (unpaired) electrons. The monoisotopic (exact) mass is 259 g/mol. The smallest absolute Gasteiger partial charge is 0.160 e. The molecule has 4 heteroatoms. The van der Waals surface area contributed by atoms with Crippen molar-refractivity contribution in [1.29, 1.82) is 0 Å². The van der Waals surface area contributed by atoms with Crippen molar-refractivity contribution in [2.75, 3.05) is 0 Å². The Bertz CT molecular complexity index is 428. The maximum absolute atomic E-state index is 13.2. The lowest BCUT2D eigenvalue weighted by Crippen LogP contribution is -2.29. The molecule has 0 amide bonds. The third-order valence-corrected chi connectivity index (χ3v) is 4.20. The quantitative estimate of drug-likeness (QED) is 0.792. The van der Waals surface area contributed by atoms with Gasteiger partial charge in [0.1, 0.15) is 0 Å². The van der Waals surface area contributed by atoms with Crippen LogP contribution in [0.15, 0.2) is 12.1 Å². The van der Waals surface area contributed by atoms with Crippen molar-refractivity contribution >= 4 is 11.6 Å². The zero-order valence-corrected chi connectivity index (χ0v) is 10.5. The van der Waals surface area contributed by atoms with Gasteiger partial charge in [0.25, 0.3) is 0 Å². The lowest BCUT2D eigenvalue weighted by molar-refractivity contribution is 0.265. The van der Waals surface area contributed by atoms with Gasteiger partial charge in [0.15, 0.2) is 11.6 Å². The fraction of sp³-hybridized carbons (Fsp3) is 0.538. The summed E-state index contributed by atoms with van der Waals surface area (Å²) in [4.78, 5) is 0. The van der Waals surface area contributed by atoms with Crippen LogP contribution in [-0.2, 0) is 0 Å². The van der Waals surface area contributed by atoms with E-state index in [2.05, 4.69) is 6.92 Å². The Morgan fingerprint density at radius 1 is 1.24 bits per heavy atom. The Morgan fingerprint density at radius 2 is 1.76 bits per heavy atom. The molecule has 0 saturated heterocycles. The molecule has 1 aliphatic rings. The molecule has 0 aromatic heterocycles. The standard InChI is InChI=1S/C13H16ClF2N/c1-13(4-2-3-5-13)12(17)8-6-10(15)11(16)7-9(8)14/h6-7,12H,2-5,17H2,1H3. The van der Waals surface area contributed by atoms with Crippen LogP contribution in [0.1, 0.15) is 44.2 Å². The summed E-state index contributed by atoms with van der Waals surface area (Å²) < 4.78 is 26.2. The summed E-state index contributed by atoms with van der Waals surface area (Å²) in [5, 5.41) is 0.213. The lowest BCUT2D eigenvalue weighted by atomic mass is 9.78. The molecular formula is C13H16ClF2N. The van der Waals surface area contributed by atoms with Gasteiger partial charge in [0.2, 0.25) is 0 Å². The van der Waals surface area contributed by atoms with E-state index in [0.717, 1.165) is 37.8 Å². The van der Waals surface area contributed by atoms with E-state index < -0.39 is 11.6 Å². The molecule has 0 bridgehead atoms. The second-order valence-electron chi connectivity index (χ2n) is 5.13. The molecule has 0 aliphatic heterocycles. The number of halogens is 3. The van der Waals surface area contributed by atoms with E-state index in [-0.39, 0.29) is 16.5 Å². The van der Waals surface area contributed by atoms with Crippen molar-refractivity contribution in [2.45, 2.75) is 38.6 Å². The molecule has 1 unspecified atom stereocenters. The van der Waals surface area contributed by atoms with Gasteiger partial charge in [-0.2, -0.15) is 0 Å². The van der Waals surface area contributed by atoms with Gasteiger partial charge in [-0.3, -0.25) is 0 Å². The van der Waals surface area contributed by atoms with Crippen molar-refractivity contribution in [3.63, 3.8) is 0 Å². The summed E-state index contributed by atoms with van der Waals surface area (Å²) in [6.45, 7) is 2.09. The molecule has 1 aliphatic carbocycles. The molecule has 94 valence electrons. The highest BCUT2D eigenvalue weighted by atomic mass is 35.5. The zero-order valence-electron chi connectivity index (χ0n) is 9.77. The minimum Gasteiger partial charge on any atom is -0.323 e. The summed E-state index contributed by atoms with van der Waals surface area (Å²) in [7, 11) is 0. The normalized spacial score (nSPS) is 20.5. The maximum Gasteiger partial charge on any atom is 0.160 e. The van der Waals surface area contributed by atoms with Crippen LogP contribution < -0.4 is 5.73 Å². The molecule has 1 atom stereocenters. The Kier molecular flexibility index (Phi) is 3.41. The number of benzene rings is 1. The average molecular weight is 260 g/mol. The van der Waals surface area contributed by atoms with Crippen molar-refractivity contribution in [3.8, 4) is 0 Å². The summed E-state index contributed by atoms with van der Waals surface area (Å²) in [6.07, 6.45) is 4.27. The number of hydrogen-bond acceptors (Lipinski definition) is 1. The number of hydrogen-bond donors (Lipinski definition) is 1. The topological polar surface area (TPSA) is 26.0 Å². The van der Waals surface area contributed by atoms with Gasteiger partial charge in [-0.25, -0.2) is 8.78 Å². The summed E-state index contributed by atoms with van der Waals surface area (Å²) in [5.74, 6) is -1.82. The Balaban J connectivity index is 2.36. The zero-order chi connectivity index (χ0) is 12.6. The summed E-state index contributed by atoms with van der Waals surface area (Å²) >= 11 is 5.95. The van der Waals surface area contributed by atoms with Gasteiger partial charge in [-0.05, 0) is 36.0 Å². The first kappa shape index (κ1) is 12.8. The van der Waals surface area contributed by atoms with Crippen LogP contribution in [0, 0.1) is 17.0 Å². The molecule has 1 aromatic rings. The Labute approximate surface area is 105 Å². The highest BCUT2D eigenvalue weighted by Crippen LogP contribution is 2.47. The fourth-order valence-electron chi connectivity index (χ4n) is 2.65.